The Bertz CT molecular complexity index is 780. The van der Waals surface area contributed by atoms with Gasteiger partial charge in [-0.3, -0.25) is 4.79 Å². The summed E-state index contributed by atoms with van der Waals surface area (Å²) in [7, 11) is 3.02. The normalized spacial score (nSPS) is 10.9. The third-order valence-corrected chi connectivity index (χ3v) is 3.99. The SMILES string of the molecule is COc1cc(-c2noc(CCC(=O)NC(C)(C)CN)n2)cc(Cl)c1OC.Cl. The molecule has 0 saturated heterocycles. The lowest BCUT2D eigenvalue weighted by atomic mass is 10.1. The van der Waals surface area contributed by atoms with Crippen LogP contribution in [0, 0.1) is 0 Å². The second-order valence-corrected chi connectivity index (χ2v) is 6.75. The first-order chi connectivity index (χ1) is 12.3. The van der Waals surface area contributed by atoms with Crippen molar-refractivity contribution in [1.29, 1.82) is 0 Å². The van der Waals surface area contributed by atoms with E-state index in [1.54, 1.807) is 12.1 Å². The number of rotatable bonds is 8. The number of carbonyl (C=O) groups excluding carboxylic acids is 1. The fourth-order valence-corrected chi connectivity index (χ4v) is 2.52. The van der Waals surface area contributed by atoms with Gasteiger partial charge >= 0.3 is 0 Å². The maximum Gasteiger partial charge on any atom is 0.227 e. The predicted molar refractivity (Wildman–Crippen MR) is 105 cm³/mol. The van der Waals surface area contributed by atoms with Crippen molar-refractivity contribution in [2.75, 3.05) is 20.8 Å². The van der Waals surface area contributed by atoms with E-state index in [4.69, 9.17) is 31.3 Å². The summed E-state index contributed by atoms with van der Waals surface area (Å²) < 4.78 is 15.7. The van der Waals surface area contributed by atoms with E-state index < -0.39 is 5.54 Å². The maximum atomic E-state index is 12.0. The molecule has 0 bridgehead atoms. The molecule has 0 fully saturated rings. The Labute approximate surface area is 169 Å². The molecule has 3 N–H and O–H groups in total. The fourth-order valence-electron chi connectivity index (χ4n) is 2.23. The number of nitrogens with one attached hydrogen (secondary N) is 1. The molecule has 1 aromatic heterocycles. The summed E-state index contributed by atoms with van der Waals surface area (Å²) in [5, 5.41) is 7.15. The molecule has 1 amide bonds. The molecular weight excluding hydrogens is 395 g/mol. The van der Waals surface area contributed by atoms with Crippen molar-refractivity contribution in [3.05, 3.63) is 23.0 Å². The summed E-state index contributed by atoms with van der Waals surface area (Å²) in [6, 6.07) is 3.36. The molecule has 0 aliphatic heterocycles. The molecule has 10 heteroatoms. The molecule has 0 unspecified atom stereocenters. The van der Waals surface area contributed by atoms with E-state index in [0.717, 1.165) is 0 Å². The van der Waals surface area contributed by atoms with Gasteiger partial charge in [-0.2, -0.15) is 4.98 Å². The number of nitrogens with two attached hydrogens (primary N) is 1. The Hall–Kier alpha value is -2.03. The van der Waals surface area contributed by atoms with Crippen LogP contribution in [0.25, 0.3) is 11.4 Å². The van der Waals surface area contributed by atoms with Gasteiger partial charge in [-0.25, -0.2) is 0 Å². The minimum atomic E-state index is -0.451. The number of benzene rings is 1. The Morgan fingerprint density at radius 1 is 1.33 bits per heavy atom. The molecule has 0 radical (unpaired) electrons. The summed E-state index contributed by atoms with van der Waals surface area (Å²) in [5.74, 6) is 1.47. The van der Waals surface area contributed by atoms with Crippen LogP contribution in [-0.4, -0.2) is 42.4 Å². The first kappa shape index (κ1) is 23.0. The van der Waals surface area contributed by atoms with Gasteiger partial charge in [-0.1, -0.05) is 16.8 Å². The number of amides is 1. The van der Waals surface area contributed by atoms with Gasteiger partial charge in [0.25, 0.3) is 0 Å². The van der Waals surface area contributed by atoms with Gasteiger partial charge in [-0.05, 0) is 26.0 Å². The van der Waals surface area contributed by atoms with Crippen LogP contribution in [0.1, 0.15) is 26.2 Å². The highest BCUT2D eigenvalue weighted by Crippen LogP contribution is 2.38. The van der Waals surface area contributed by atoms with Crippen LogP contribution < -0.4 is 20.5 Å². The Morgan fingerprint density at radius 2 is 2.04 bits per heavy atom. The van der Waals surface area contributed by atoms with Crippen LogP contribution in [0.4, 0.5) is 0 Å². The standard InChI is InChI=1S/C17H23ClN4O4.ClH/c1-17(2,9-19)21-13(23)5-6-14-20-16(22-26-14)10-7-11(18)15(25-4)12(8-10)24-3;/h7-8H,5-6,9,19H2,1-4H3,(H,21,23);1H. The van der Waals surface area contributed by atoms with Crippen LogP contribution in [0.2, 0.25) is 5.02 Å². The third kappa shape index (κ3) is 5.98. The summed E-state index contributed by atoms with van der Waals surface area (Å²) in [6.45, 7) is 4.07. The lowest BCUT2D eigenvalue weighted by molar-refractivity contribution is -0.122. The predicted octanol–water partition coefficient (Wildman–Crippen LogP) is 2.62. The molecule has 27 heavy (non-hydrogen) atoms. The monoisotopic (exact) mass is 418 g/mol. The van der Waals surface area contributed by atoms with Crippen molar-refractivity contribution in [1.82, 2.24) is 15.5 Å². The van der Waals surface area contributed by atoms with Crippen molar-refractivity contribution in [3.63, 3.8) is 0 Å². The van der Waals surface area contributed by atoms with Crippen LogP contribution in [0.15, 0.2) is 16.7 Å². The average Bonchev–Trinajstić information content (AvgIpc) is 3.08. The first-order valence-corrected chi connectivity index (χ1v) is 8.43. The zero-order valence-electron chi connectivity index (χ0n) is 15.7. The number of nitrogens with zero attached hydrogens (tertiary/aromatic N) is 2. The first-order valence-electron chi connectivity index (χ1n) is 8.05. The summed E-state index contributed by atoms with van der Waals surface area (Å²) in [5.41, 5.74) is 5.77. The van der Waals surface area contributed by atoms with Crippen molar-refractivity contribution in [2.45, 2.75) is 32.2 Å². The lowest BCUT2D eigenvalue weighted by Crippen LogP contribution is -2.48. The Balaban J connectivity index is 0.00000364. The number of ether oxygens (including phenoxy) is 2. The third-order valence-electron chi connectivity index (χ3n) is 3.71. The molecular formula is C17H24Cl2N4O4. The highest BCUT2D eigenvalue weighted by molar-refractivity contribution is 6.32. The molecule has 1 aromatic carbocycles. The van der Waals surface area contributed by atoms with Crippen molar-refractivity contribution in [2.24, 2.45) is 5.73 Å². The molecule has 2 rings (SSSR count). The van der Waals surface area contributed by atoms with E-state index in [1.807, 2.05) is 13.8 Å². The molecule has 1 heterocycles. The molecule has 2 aromatic rings. The number of aryl methyl sites for hydroxylation is 1. The van der Waals surface area contributed by atoms with Gasteiger partial charge < -0.3 is 25.0 Å². The summed E-state index contributed by atoms with van der Waals surface area (Å²) in [4.78, 5) is 16.3. The quantitative estimate of drug-likeness (QED) is 0.676. The fraction of sp³-hybridized carbons (Fsp3) is 0.471. The number of aromatic nitrogens is 2. The maximum absolute atomic E-state index is 12.0. The number of carbonyl (C=O) groups is 1. The second-order valence-electron chi connectivity index (χ2n) is 6.34. The summed E-state index contributed by atoms with van der Waals surface area (Å²) in [6.07, 6.45) is 0.540. The number of halogens is 2. The molecule has 150 valence electrons. The lowest BCUT2D eigenvalue weighted by Gasteiger charge is -2.23. The molecule has 0 spiro atoms. The smallest absolute Gasteiger partial charge is 0.227 e. The minimum Gasteiger partial charge on any atom is -0.493 e. The van der Waals surface area contributed by atoms with Gasteiger partial charge in [0.15, 0.2) is 11.5 Å². The number of methoxy groups -OCH3 is 2. The van der Waals surface area contributed by atoms with E-state index in [1.165, 1.54) is 14.2 Å². The Kier molecular flexibility index (Phi) is 8.33. The van der Waals surface area contributed by atoms with Crippen LogP contribution in [0.5, 0.6) is 11.5 Å². The van der Waals surface area contributed by atoms with Gasteiger partial charge in [0.1, 0.15) is 0 Å². The van der Waals surface area contributed by atoms with Crippen LogP contribution >= 0.6 is 24.0 Å². The highest BCUT2D eigenvalue weighted by atomic mass is 35.5. The van der Waals surface area contributed by atoms with Gasteiger partial charge in [0.05, 0.1) is 19.2 Å². The molecule has 0 aliphatic carbocycles. The van der Waals surface area contributed by atoms with E-state index in [2.05, 4.69) is 15.5 Å². The topological polar surface area (TPSA) is 112 Å². The van der Waals surface area contributed by atoms with Crippen LogP contribution in [-0.2, 0) is 11.2 Å². The molecule has 8 nitrogen and oxygen atoms in total. The van der Waals surface area contributed by atoms with Crippen molar-refractivity contribution in [3.8, 4) is 22.9 Å². The largest absolute Gasteiger partial charge is 0.493 e. The highest BCUT2D eigenvalue weighted by Gasteiger charge is 2.19. The van der Waals surface area contributed by atoms with Gasteiger partial charge in [-0.15, -0.1) is 12.4 Å². The number of hydrogen-bond donors (Lipinski definition) is 2. The summed E-state index contributed by atoms with van der Waals surface area (Å²) >= 11 is 6.19. The Morgan fingerprint density at radius 3 is 2.63 bits per heavy atom. The van der Waals surface area contributed by atoms with E-state index in [9.17, 15) is 4.79 Å². The van der Waals surface area contributed by atoms with E-state index in [-0.39, 0.29) is 24.7 Å². The van der Waals surface area contributed by atoms with Crippen LogP contribution in [0.3, 0.4) is 0 Å². The average molecular weight is 419 g/mol. The zero-order valence-corrected chi connectivity index (χ0v) is 17.2. The van der Waals surface area contributed by atoms with Gasteiger partial charge in [0.2, 0.25) is 17.6 Å². The zero-order chi connectivity index (χ0) is 19.3. The second kappa shape index (κ2) is 9.77. The molecule has 0 atom stereocenters. The van der Waals surface area contributed by atoms with E-state index in [0.29, 0.717) is 46.8 Å². The molecule has 0 saturated carbocycles. The van der Waals surface area contributed by atoms with Crippen molar-refractivity contribution >= 4 is 29.9 Å². The molecule has 0 aliphatic rings. The van der Waals surface area contributed by atoms with Crippen molar-refractivity contribution < 1.29 is 18.8 Å². The van der Waals surface area contributed by atoms with Gasteiger partial charge in [0, 0.05) is 30.5 Å². The number of hydrogen-bond acceptors (Lipinski definition) is 7. The minimum absolute atomic E-state index is 0. The van der Waals surface area contributed by atoms with E-state index >= 15 is 0 Å².